The van der Waals surface area contributed by atoms with Crippen LogP contribution in [0.15, 0.2) is 34.8 Å². The van der Waals surface area contributed by atoms with E-state index in [9.17, 15) is 0 Å². The summed E-state index contributed by atoms with van der Waals surface area (Å²) < 4.78 is 0. The van der Waals surface area contributed by atoms with Gasteiger partial charge in [0.05, 0.1) is 17.7 Å². The monoisotopic (exact) mass is 450 g/mol. The van der Waals surface area contributed by atoms with Crippen LogP contribution in [0.2, 0.25) is 5.02 Å². The maximum atomic E-state index is 5.87. The Bertz CT molecular complexity index is 598. The maximum Gasteiger partial charge on any atom is 0.191 e. The fraction of sp³-hybridized carbons (Fsp3) is 0.333. The van der Waals surface area contributed by atoms with Crippen molar-refractivity contribution in [1.29, 1.82) is 0 Å². The van der Waals surface area contributed by atoms with Crippen molar-refractivity contribution in [3.05, 3.63) is 50.9 Å². The Hall–Kier alpha value is -0.860. The summed E-state index contributed by atoms with van der Waals surface area (Å²) in [4.78, 5) is 9.69. The minimum absolute atomic E-state index is 0. The van der Waals surface area contributed by atoms with Crippen LogP contribution in [0.4, 0.5) is 0 Å². The molecule has 0 aliphatic rings. The van der Waals surface area contributed by atoms with Gasteiger partial charge in [-0.05, 0) is 31.0 Å². The molecule has 0 fully saturated rings. The number of aromatic nitrogens is 1. The van der Waals surface area contributed by atoms with E-state index >= 15 is 0 Å². The van der Waals surface area contributed by atoms with Crippen molar-refractivity contribution < 1.29 is 0 Å². The number of hydrogen-bond acceptors (Lipinski definition) is 3. The second kappa shape index (κ2) is 10.0. The molecule has 0 atom stereocenters. The van der Waals surface area contributed by atoms with Crippen molar-refractivity contribution in [1.82, 2.24) is 15.6 Å². The molecular formula is C15H20ClIN4S. The smallest absolute Gasteiger partial charge is 0.191 e. The lowest BCUT2D eigenvalue weighted by atomic mass is 10.1. The first-order chi connectivity index (χ1) is 10.2. The molecule has 0 aliphatic carbocycles. The predicted molar refractivity (Wildman–Crippen MR) is 106 cm³/mol. The van der Waals surface area contributed by atoms with Crippen LogP contribution in [-0.4, -0.2) is 24.5 Å². The van der Waals surface area contributed by atoms with E-state index in [1.165, 1.54) is 10.4 Å². The van der Waals surface area contributed by atoms with Gasteiger partial charge < -0.3 is 10.6 Å². The molecule has 0 saturated carbocycles. The molecule has 1 heterocycles. The molecule has 1 aromatic carbocycles. The van der Waals surface area contributed by atoms with E-state index < -0.39 is 0 Å². The van der Waals surface area contributed by atoms with Gasteiger partial charge in [-0.25, -0.2) is 4.98 Å². The fourth-order valence-corrected chi connectivity index (χ4v) is 2.70. The van der Waals surface area contributed by atoms with Crippen molar-refractivity contribution in [3.8, 4) is 0 Å². The Morgan fingerprint density at radius 2 is 2.00 bits per heavy atom. The Morgan fingerprint density at radius 1 is 1.27 bits per heavy atom. The lowest BCUT2D eigenvalue weighted by Gasteiger charge is -2.11. The van der Waals surface area contributed by atoms with Crippen LogP contribution in [-0.2, 0) is 13.0 Å². The summed E-state index contributed by atoms with van der Waals surface area (Å²) in [5, 5.41) is 7.37. The SMILES string of the molecule is CN=C(NCCc1ccc(Cl)cc1)NCc1scnc1C.I. The number of thiazole rings is 1. The molecule has 0 saturated heterocycles. The Balaban J connectivity index is 0.00000242. The number of nitrogens with one attached hydrogen (secondary N) is 2. The second-order valence-electron chi connectivity index (χ2n) is 4.59. The van der Waals surface area contributed by atoms with Gasteiger partial charge in [-0.3, -0.25) is 4.99 Å². The molecule has 0 spiro atoms. The van der Waals surface area contributed by atoms with Crippen molar-refractivity contribution >= 4 is 52.9 Å². The average Bonchev–Trinajstić information content (AvgIpc) is 2.90. The number of rotatable bonds is 5. The second-order valence-corrected chi connectivity index (χ2v) is 5.97. The highest BCUT2D eigenvalue weighted by atomic mass is 127. The van der Waals surface area contributed by atoms with E-state index in [1.54, 1.807) is 18.4 Å². The Kier molecular flexibility index (Phi) is 8.74. The Labute approximate surface area is 157 Å². The molecule has 0 radical (unpaired) electrons. The molecule has 22 heavy (non-hydrogen) atoms. The fourth-order valence-electron chi connectivity index (χ4n) is 1.86. The molecular weight excluding hydrogens is 431 g/mol. The summed E-state index contributed by atoms with van der Waals surface area (Å²) in [5.41, 5.74) is 4.19. The minimum atomic E-state index is 0. The highest BCUT2D eigenvalue weighted by Gasteiger charge is 2.03. The number of guanidine groups is 1. The predicted octanol–water partition coefficient (Wildman–Crippen LogP) is 3.63. The standard InChI is InChI=1S/C15H19ClN4S.HI/c1-11-14(21-10-20-11)9-19-15(17-2)18-8-7-12-3-5-13(16)6-4-12;/h3-6,10H,7-9H2,1-2H3,(H2,17,18,19);1H. The molecule has 0 bridgehead atoms. The molecule has 0 aliphatic heterocycles. The van der Waals surface area contributed by atoms with Crippen LogP contribution in [0.3, 0.4) is 0 Å². The van der Waals surface area contributed by atoms with Crippen molar-refractivity contribution in [2.24, 2.45) is 4.99 Å². The molecule has 4 nitrogen and oxygen atoms in total. The van der Waals surface area contributed by atoms with E-state index in [2.05, 4.69) is 20.6 Å². The number of nitrogens with zero attached hydrogens (tertiary/aromatic N) is 2. The number of aryl methyl sites for hydroxylation is 1. The van der Waals surface area contributed by atoms with Crippen LogP contribution >= 0.6 is 46.9 Å². The highest BCUT2D eigenvalue weighted by Crippen LogP contribution is 2.11. The molecule has 2 N–H and O–H groups in total. The van der Waals surface area contributed by atoms with Crippen LogP contribution in [0, 0.1) is 6.92 Å². The van der Waals surface area contributed by atoms with Gasteiger partial charge in [0, 0.05) is 23.5 Å². The average molecular weight is 451 g/mol. The van der Waals surface area contributed by atoms with E-state index in [-0.39, 0.29) is 24.0 Å². The number of aliphatic imine (C=N–C) groups is 1. The first kappa shape index (κ1) is 19.2. The number of halogens is 2. The molecule has 120 valence electrons. The van der Waals surface area contributed by atoms with Crippen molar-refractivity contribution in [2.45, 2.75) is 19.9 Å². The quantitative estimate of drug-likeness (QED) is 0.415. The molecule has 0 amide bonds. The van der Waals surface area contributed by atoms with Crippen LogP contribution in [0.1, 0.15) is 16.1 Å². The molecule has 2 rings (SSSR count). The molecule has 0 unspecified atom stereocenters. The van der Waals surface area contributed by atoms with Crippen LogP contribution in [0.25, 0.3) is 0 Å². The van der Waals surface area contributed by atoms with Gasteiger partial charge in [0.15, 0.2) is 5.96 Å². The third kappa shape index (κ3) is 6.10. The zero-order valence-corrected chi connectivity index (χ0v) is 16.5. The van der Waals surface area contributed by atoms with Crippen LogP contribution in [0.5, 0.6) is 0 Å². The summed E-state index contributed by atoms with van der Waals surface area (Å²) in [6, 6.07) is 7.91. The summed E-state index contributed by atoms with van der Waals surface area (Å²) in [7, 11) is 1.77. The first-order valence-corrected chi connectivity index (χ1v) is 8.02. The summed E-state index contributed by atoms with van der Waals surface area (Å²) in [6.45, 7) is 3.59. The first-order valence-electron chi connectivity index (χ1n) is 6.77. The van der Waals surface area contributed by atoms with Crippen LogP contribution < -0.4 is 10.6 Å². The summed E-state index contributed by atoms with van der Waals surface area (Å²) in [5.74, 6) is 0.803. The molecule has 7 heteroatoms. The normalized spacial score (nSPS) is 11.0. The summed E-state index contributed by atoms with van der Waals surface area (Å²) >= 11 is 7.53. The highest BCUT2D eigenvalue weighted by molar-refractivity contribution is 14.0. The van der Waals surface area contributed by atoms with E-state index in [0.29, 0.717) is 0 Å². The van der Waals surface area contributed by atoms with E-state index in [0.717, 1.165) is 36.2 Å². The third-order valence-electron chi connectivity index (χ3n) is 3.10. The van der Waals surface area contributed by atoms with Crippen molar-refractivity contribution in [3.63, 3.8) is 0 Å². The topological polar surface area (TPSA) is 49.3 Å². The largest absolute Gasteiger partial charge is 0.356 e. The lowest BCUT2D eigenvalue weighted by Crippen LogP contribution is -2.37. The molecule has 2 aromatic rings. The zero-order chi connectivity index (χ0) is 15.1. The maximum absolute atomic E-state index is 5.87. The van der Waals surface area contributed by atoms with Gasteiger partial charge in [0.25, 0.3) is 0 Å². The Morgan fingerprint density at radius 3 is 2.59 bits per heavy atom. The van der Waals surface area contributed by atoms with Crippen molar-refractivity contribution in [2.75, 3.05) is 13.6 Å². The van der Waals surface area contributed by atoms with Gasteiger partial charge in [-0.1, -0.05) is 23.7 Å². The number of hydrogen-bond donors (Lipinski definition) is 2. The number of benzene rings is 1. The van der Waals surface area contributed by atoms with Gasteiger partial charge in [-0.15, -0.1) is 35.3 Å². The third-order valence-corrected chi connectivity index (χ3v) is 4.29. The van der Waals surface area contributed by atoms with E-state index in [1.807, 2.05) is 36.7 Å². The minimum Gasteiger partial charge on any atom is -0.356 e. The van der Waals surface area contributed by atoms with E-state index in [4.69, 9.17) is 11.6 Å². The summed E-state index contributed by atoms with van der Waals surface area (Å²) in [6.07, 6.45) is 0.928. The lowest BCUT2D eigenvalue weighted by molar-refractivity contribution is 0.796. The van der Waals surface area contributed by atoms with Gasteiger partial charge in [0.1, 0.15) is 0 Å². The van der Waals surface area contributed by atoms with Gasteiger partial charge in [-0.2, -0.15) is 0 Å². The zero-order valence-electron chi connectivity index (χ0n) is 12.6. The molecule has 1 aromatic heterocycles. The van der Waals surface area contributed by atoms with Gasteiger partial charge >= 0.3 is 0 Å². The van der Waals surface area contributed by atoms with Gasteiger partial charge in [0.2, 0.25) is 0 Å².